The maximum absolute atomic E-state index is 12.4. The molecule has 2 heterocycles. The fraction of sp³-hybridized carbons (Fsp3) is 0.190. The van der Waals surface area contributed by atoms with E-state index >= 15 is 0 Å². The molecule has 1 amide bonds. The number of aryl methyl sites for hydroxylation is 2. The molecule has 0 bridgehead atoms. The smallest absolute Gasteiger partial charge is 0.281 e. The molecule has 1 aromatic carbocycles. The fourth-order valence-corrected chi connectivity index (χ4v) is 4.44. The van der Waals surface area contributed by atoms with Gasteiger partial charge in [-0.3, -0.25) is 4.79 Å². The van der Waals surface area contributed by atoms with Crippen LogP contribution >= 0.6 is 33.9 Å². The molecule has 3 aromatic rings. The Balaban J connectivity index is 1.82. The second-order valence-electron chi connectivity index (χ2n) is 6.70. The molecular weight excluding hydrogens is 497 g/mol. The number of nitriles is 1. The summed E-state index contributed by atoms with van der Waals surface area (Å²) < 4.78 is 3.39. The minimum absolute atomic E-state index is 0.343. The SMILES string of the molecule is Cc1cc(-n2c(C)cc(C=NNC(=O)c3sc(N)c(C#N)c3C)c2C)ccc1I. The quantitative estimate of drug-likeness (QED) is 0.301. The first-order valence-electron chi connectivity index (χ1n) is 8.82. The second-order valence-corrected chi connectivity index (χ2v) is 8.92. The van der Waals surface area contributed by atoms with Crippen LogP contribution in [0, 0.1) is 42.6 Å². The van der Waals surface area contributed by atoms with Gasteiger partial charge in [-0.05, 0) is 85.7 Å². The van der Waals surface area contributed by atoms with Crippen molar-refractivity contribution in [2.75, 3.05) is 5.73 Å². The topological polar surface area (TPSA) is 96.2 Å². The third-order valence-corrected chi connectivity index (χ3v) is 7.06. The molecule has 0 aliphatic rings. The van der Waals surface area contributed by atoms with E-state index in [1.54, 1.807) is 13.1 Å². The highest BCUT2D eigenvalue weighted by molar-refractivity contribution is 14.1. The summed E-state index contributed by atoms with van der Waals surface area (Å²) in [5.74, 6) is -0.376. The van der Waals surface area contributed by atoms with E-state index in [4.69, 9.17) is 11.0 Å². The molecule has 0 atom stereocenters. The number of thiophene rings is 1. The highest BCUT2D eigenvalue weighted by Gasteiger charge is 2.18. The number of carbonyl (C=O) groups excluding carboxylic acids is 1. The van der Waals surface area contributed by atoms with Gasteiger partial charge >= 0.3 is 0 Å². The minimum atomic E-state index is -0.376. The molecule has 0 aliphatic heterocycles. The van der Waals surface area contributed by atoms with E-state index in [9.17, 15) is 4.79 Å². The zero-order valence-electron chi connectivity index (χ0n) is 16.5. The van der Waals surface area contributed by atoms with Crippen LogP contribution in [0.1, 0.15) is 43.3 Å². The molecule has 8 heteroatoms. The lowest BCUT2D eigenvalue weighted by Gasteiger charge is -2.11. The number of nitrogens with two attached hydrogens (primary N) is 1. The van der Waals surface area contributed by atoms with Crippen LogP contribution in [0.2, 0.25) is 0 Å². The Morgan fingerprint density at radius 3 is 2.66 bits per heavy atom. The minimum Gasteiger partial charge on any atom is -0.389 e. The summed E-state index contributed by atoms with van der Waals surface area (Å²) in [5, 5.41) is 13.6. The van der Waals surface area contributed by atoms with Crippen molar-refractivity contribution in [2.45, 2.75) is 27.7 Å². The number of hydrazone groups is 1. The number of amides is 1. The number of anilines is 1. The Morgan fingerprint density at radius 1 is 1.31 bits per heavy atom. The standard InChI is InChI=1S/C21H20IN5OS/c1-11-7-16(5-6-18(11)22)27-12(2)8-15(14(27)4)10-25-26-21(28)19-13(3)17(9-23)20(24)29-19/h5-8,10H,24H2,1-4H3,(H,26,28). The molecule has 0 fully saturated rings. The molecule has 0 aliphatic carbocycles. The predicted molar refractivity (Wildman–Crippen MR) is 126 cm³/mol. The third-order valence-electron chi connectivity index (χ3n) is 4.73. The molecule has 2 aromatic heterocycles. The van der Waals surface area contributed by atoms with Crippen molar-refractivity contribution < 1.29 is 4.79 Å². The molecule has 6 nitrogen and oxygen atoms in total. The van der Waals surface area contributed by atoms with E-state index in [0.29, 0.717) is 21.0 Å². The molecule has 29 heavy (non-hydrogen) atoms. The lowest BCUT2D eigenvalue weighted by Crippen LogP contribution is -2.17. The van der Waals surface area contributed by atoms with Gasteiger partial charge in [0.1, 0.15) is 15.9 Å². The number of aromatic nitrogens is 1. The summed E-state index contributed by atoms with van der Waals surface area (Å²) in [5.41, 5.74) is 14.6. The predicted octanol–water partition coefficient (Wildman–Crippen LogP) is 4.59. The molecule has 0 saturated carbocycles. The van der Waals surface area contributed by atoms with Crippen LogP contribution in [-0.2, 0) is 0 Å². The number of hydrogen-bond donors (Lipinski definition) is 2. The average molecular weight is 517 g/mol. The second kappa shape index (κ2) is 8.39. The first kappa shape index (κ1) is 21.1. The van der Waals surface area contributed by atoms with Crippen LogP contribution in [0.3, 0.4) is 0 Å². The Morgan fingerprint density at radius 2 is 2.03 bits per heavy atom. The van der Waals surface area contributed by atoms with Gasteiger partial charge in [0.25, 0.3) is 5.91 Å². The molecule has 148 valence electrons. The highest BCUT2D eigenvalue weighted by Crippen LogP contribution is 2.29. The van der Waals surface area contributed by atoms with Gasteiger partial charge in [-0.2, -0.15) is 10.4 Å². The van der Waals surface area contributed by atoms with Crippen LogP contribution in [-0.4, -0.2) is 16.7 Å². The summed E-state index contributed by atoms with van der Waals surface area (Å²) in [6.45, 7) is 7.86. The number of hydrogen-bond acceptors (Lipinski definition) is 5. The first-order chi connectivity index (χ1) is 13.7. The Hall–Kier alpha value is -2.64. The molecule has 0 radical (unpaired) electrons. The molecule has 0 saturated heterocycles. The average Bonchev–Trinajstić information content (AvgIpc) is 3.12. The fourth-order valence-electron chi connectivity index (χ4n) is 3.19. The van der Waals surface area contributed by atoms with Crippen molar-refractivity contribution in [3.8, 4) is 11.8 Å². The van der Waals surface area contributed by atoms with E-state index in [1.807, 2.05) is 26.0 Å². The number of nitrogens with zero attached hydrogens (tertiary/aromatic N) is 3. The van der Waals surface area contributed by atoms with Crippen LogP contribution < -0.4 is 11.2 Å². The zero-order valence-corrected chi connectivity index (χ0v) is 19.5. The van der Waals surface area contributed by atoms with E-state index in [2.05, 4.69) is 62.8 Å². The van der Waals surface area contributed by atoms with Gasteiger partial charge in [0.15, 0.2) is 0 Å². The van der Waals surface area contributed by atoms with Crippen LogP contribution in [0.4, 0.5) is 5.00 Å². The highest BCUT2D eigenvalue weighted by atomic mass is 127. The number of rotatable bonds is 4. The summed E-state index contributed by atoms with van der Waals surface area (Å²) >= 11 is 3.42. The number of benzene rings is 1. The lowest BCUT2D eigenvalue weighted by atomic mass is 10.2. The molecular formula is C21H20IN5OS. The van der Waals surface area contributed by atoms with Gasteiger partial charge in [0, 0.05) is 26.2 Å². The largest absolute Gasteiger partial charge is 0.389 e. The number of nitrogens with one attached hydrogen (secondary N) is 1. The zero-order chi connectivity index (χ0) is 21.3. The van der Waals surface area contributed by atoms with E-state index in [1.165, 1.54) is 9.13 Å². The maximum atomic E-state index is 12.4. The van der Waals surface area contributed by atoms with Gasteiger partial charge in [-0.1, -0.05) is 0 Å². The van der Waals surface area contributed by atoms with Gasteiger partial charge < -0.3 is 10.3 Å². The molecule has 0 spiro atoms. The van der Waals surface area contributed by atoms with Crippen molar-refractivity contribution in [1.82, 2.24) is 9.99 Å². The maximum Gasteiger partial charge on any atom is 0.281 e. The number of halogens is 1. The van der Waals surface area contributed by atoms with Crippen molar-refractivity contribution in [3.05, 3.63) is 66.4 Å². The first-order valence-corrected chi connectivity index (χ1v) is 10.7. The lowest BCUT2D eigenvalue weighted by molar-refractivity contribution is 0.0958. The Kier molecular flexibility index (Phi) is 6.10. The van der Waals surface area contributed by atoms with Gasteiger partial charge in [-0.15, -0.1) is 11.3 Å². The van der Waals surface area contributed by atoms with Crippen molar-refractivity contribution in [1.29, 1.82) is 5.26 Å². The normalized spacial score (nSPS) is 11.0. The van der Waals surface area contributed by atoms with Gasteiger partial charge in [0.2, 0.25) is 0 Å². The Bertz CT molecular complexity index is 1180. The van der Waals surface area contributed by atoms with Crippen LogP contribution in [0.5, 0.6) is 0 Å². The monoisotopic (exact) mass is 517 g/mol. The third kappa shape index (κ3) is 4.06. The van der Waals surface area contributed by atoms with Gasteiger partial charge in [-0.25, -0.2) is 5.43 Å². The van der Waals surface area contributed by atoms with Gasteiger partial charge in [0.05, 0.1) is 11.8 Å². The number of carbonyl (C=O) groups is 1. The molecule has 3 rings (SSSR count). The van der Waals surface area contributed by atoms with E-state index < -0.39 is 0 Å². The molecule has 0 unspecified atom stereocenters. The summed E-state index contributed by atoms with van der Waals surface area (Å²) in [4.78, 5) is 12.8. The van der Waals surface area contributed by atoms with Crippen molar-refractivity contribution >= 4 is 51.1 Å². The Labute approximate surface area is 187 Å². The summed E-state index contributed by atoms with van der Waals surface area (Å²) in [6, 6.07) is 10.4. The van der Waals surface area contributed by atoms with Crippen molar-refractivity contribution in [3.63, 3.8) is 0 Å². The molecule has 3 N–H and O–H groups in total. The summed E-state index contributed by atoms with van der Waals surface area (Å²) in [7, 11) is 0. The van der Waals surface area contributed by atoms with Crippen LogP contribution in [0.15, 0.2) is 29.4 Å². The van der Waals surface area contributed by atoms with Crippen molar-refractivity contribution in [2.24, 2.45) is 5.10 Å². The van der Waals surface area contributed by atoms with E-state index in [-0.39, 0.29) is 5.91 Å². The van der Waals surface area contributed by atoms with E-state index in [0.717, 1.165) is 34.0 Å². The van der Waals surface area contributed by atoms with Crippen LogP contribution in [0.25, 0.3) is 5.69 Å². The summed E-state index contributed by atoms with van der Waals surface area (Å²) in [6.07, 6.45) is 1.63. The number of nitrogen functional groups attached to an aromatic ring is 1.